The van der Waals surface area contributed by atoms with Crippen molar-refractivity contribution in [3.63, 3.8) is 0 Å². The average molecular weight is 498 g/mol. The molecule has 1 unspecified atom stereocenters. The molecule has 2 aromatic heterocycles. The summed E-state index contributed by atoms with van der Waals surface area (Å²) >= 11 is 0. The number of allylic oxidation sites excluding steroid dienone is 1. The first-order chi connectivity index (χ1) is 17.2. The molecule has 0 saturated carbocycles. The van der Waals surface area contributed by atoms with Crippen LogP contribution in [0.5, 0.6) is 5.88 Å². The smallest absolute Gasteiger partial charge is 0.253 e. The first-order valence-electron chi connectivity index (χ1n) is 12.0. The molecule has 1 fully saturated rings. The quantitative estimate of drug-likeness (QED) is 0.577. The highest BCUT2D eigenvalue weighted by molar-refractivity contribution is 5.98. The second-order valence-corrected chi connectivity index (χ2v) is 9.34. The average Bonchev–Trinajstić information content (AvgIpc) is 2.89. The summed E-state index contributed by atoms with van der Waals surface area (Å²) in [4.78, 5) is 28.7. The van der Waals surface area contributed by atoms with Crippen LogP contribution < -0.4 is 10.1 Å². The van der Waals surface area contributed by atoms with E-state index in [0.717, 1.165) is 16.8 Å². The van der Waals surface area contributed by atoms with Crippen molar-refractivity contribution < 1.29 is 23.8 Å². The zero-order valence-corrected chi connectivity index (χ0v) is 20.8. The summed E-state index contributed by atoms with van der Waals surface area (Å²) in [6.07, 6.45) is 5.39. The van der Waals surface area contributed by atoms with Crippen molar-refractivity contribution in [3.8, 4) is 5.88 Å². The number of pyridine rings is 2. The molecular weight excluding hydrogens is 465 g/mol. The third-order valence-electron chi connectivity index (χ3n) is 6.32. The molecule has 0 aromatic carbocycles. The Hall–Kier alpha value is -3.21. The van der Waals surface area contributed by atoms with Gasteiger partial charge < -0.3 is 19.9 Å². The maximum atomic E-state index is 14.5. The lowest BCUT2D eigenvalue weighted by Crippen LogP contribution is -2.65. The molecule has 0 bridgehead atoms. The number of halogens is 1. The Morgan fingerprint density at radius 2 is 2.06 bits per heavy atom. The van der Waals surface area contributed by atoms with Crippen LogP contribution in [0.4, 0.5) is 4.39 Å². The van der Waals surface area contributed by atoms with Gasteiger partial charge in [0, 0.05) is 55.4 Å². The van der Waals surface area contributed by atoms with Crippen LogP contribution in [0.15, 0.2) is 47.3 Å². The molecule has 10 heteroatoms. The van der Waals surface area contributed by atoms with Crippen LogP contribution in [0.25, 0.3) is 5.57 Å². The van der Waals surface area contributed by atoms with Gasteiger partial charge in [-0.05, 0) is 50.1 Å². The molecule has 2 aliphatic rings. The fourth-order valence-corrected chi connectivity index (χ4v) is 4.31. The van der Waals surface area contributed by atoms with Crippen molar-refractivity contribution >= 4 is 17.7 Å². The predicted octanol–water partition coefficient (Wildman–Crippen LogP) is 2.72. The second-order valence-electron chi connectivity index (χ2n) is 9.34. The molecule has 4 heterocycles. The van der Waals surface area contributed by atoms with E-state index in [9.17, 15) is 9.18 Å². The van der Waals surface area contributed by atoms with E-state index in [1.54, 1.807) is 24.5 Å². The van der Waals surface area contributed by atoms with E-state index >= 15 is 0 Å². The molecular formula is C26H32FN5O4. The minimum atomic E-state index is -1.67. The maximum absolute atomic E-state index is 14.5. The fourth-order valence-electron chi connectivity index (χ4n) is 4.31. The third kappa shape index (κ3) is 5.77. The number of carbonyl (C=O) groups is 1. The van der Waals surface area contributed by atoms with Crippen LogP contribution in [-0.2, 0) is 10.4 Å². The highest BCUT2D eigenvalue weighted by Gasteiger charge is 2.41. The number of nitrogens with zero attached hydrogens (tertiary/aromatic N) is 4. The Morgan fingerprint density at radius 1 is 1.28 bits per heavy atom. The van der Waals surface area contributed by atoms with Gasteiger partial charge in [-0.1, -0.05) is 0 Å². The number of ether oxygens (including phenoxy) is 2. The maximum Gasteiger partial charge on any atom is 0.253 e. The van der Waals surface area contributed by atoms with E-state index in [4.69, 9.17) is 14.6 Å². The Labute approximate surface area is 210 Å². The van der Waals surface area contributed by atoms with Gasteiger partial charge in [-0.15, -0.1) is 0 Å². The summed E-state index contributed by atoms with van der Waals surface area (Å²) in [7, 11) is 0. The fraction of sp³-hybridized carbons (Fsp3) is 0.462. The summed E-state index contributed by atoms with van der Waals surface area (Å²) in [6.45, 7) is 7.13. The molecule has 1 amide bonds. The number of aliphatic hydroxyl groups is 1. The number of rotatable bonds is 8. The van der Waals surface area contributed by atoms with E-state index in [1.807, 2.05) is 13.0 Å². The van der Waals surface area contributed by atoms with Crippen molar-refractivity contribution in [2.75, 3.05) is 39.5 Å². The van der Waals surface area contributed by atoms with E-state index in [0.29, 0.717) is 44.2 Å². The topological polar surface area (TPSA) is 109 Å². The van der Waals surface area contributed by atoms with Crippen LogP contribution in [0.2, 0.25) is 0 Å². The lowest BCUT2D eigenvalue weighted by atomic mass is 9.90. The number of aromatic nitrogens is 2. The second kappa shape index (κ2) is 10.8. The van der Waals surface area contributed by atoms with E-state index in [2.05, 4.69) is 25.2 Å². The zero-order valence-electron chi connectivity index (χ0n) is 20.8. The van der Waals surface area contributed by atoms with E-state index in [1.165, 1.54) is 26.1 Å². The number of hydrogen-bond donors (Lipinski definition) is 2. The van der Waals surface area contributed by atoms with Crippen molar-refractivity contribution in [2.24, 2.45) is 4.99 Å². The predicted molar refractivity (Wildman–Crippen MR) is 133 cm³/mol. The van der Waals surface area contributed by atoms with Gasteiger partial charge in [0.1, 0.15) is 17.9 Å². The lowest BCUT2D eigenvalue weighted by molar-refractivity contribution is -0.00621. The molecule has 9 nitrogen and oxygen atoms in total. The summed E-state index contributed by atoms with van der Waals surface area (Å²) in [5.74, 6) is 0.0769. The van der Waals surface area contributed by atoms with Gasteiger partial charge in [-0.3, -0.25) is 19.7 Å². The van der Waals surface area contributed by atoms with Crippen LogP contribution >= 0.6 is 0 Å². The third-order valence-corrected chi connectivity index (χ3v) is 6.32. The molecule has 192 valence electrons. The number of hydrogen-bond acceptors (Lipinski definition) is 8. The number of aliphatic hydroxyl groups excluding tert-OH is 1. The number of alkyl halides is 1. The zero-order chi connectivity index (χ0) is 25.8. The summed E-state index contributed by atoms with van der Waals surface area (Å²) in [5.41, 5.74) is 0.562. The number of aliphatic imine (C=N–C) groups is 1. The minimum Gasteiger partial charge on any atom is -0.475 e. The molecule has 2 N–H and O–H groups in total. The first-order valence-corrected chi connectivity index (χ1v) is 12.0. The largest absolute Gasteiger partial charge is 0.475 e. The summed E-state index contributed by atoms with van der Waals surface area (Å²) in [5, 5.41) is 12.1. The normalized spacial score (nSPS) is 20.9. The van der Waals surface area contributed by atoms with Crippen LogP contribution in [0.3, 0.4) is 0 Å². The Morgan fingerprint density at radius 3 is 2.72 bits per heavy atom. The molecule has 0 aliphatic carbocycles. The number of carbonyl (C=O) groups excluding carboxylic acids is 1. The molecule has 4 rings (SSSR count). The number of nitrogens with one attached hydrogen (secondary N) is 1. The molecule has 1 atom stereocenters. The van der Waals surface area contributed by atoms with Crippen molar-refractivity contribution in [2.45, 2.75) is 38.5 Å². The van der Waals surface area contributed by atoms with Gasteiger partial charge in [0.15, 0.2) is 0 Å². The SMILES string of the molecule is CC1=C(c2ccc(OCCO)nc2)CC(NC(=O)c2ccnc(C(C)(C)F)c2)(N2CCOCC2)C=N1. The van der Waals surface area contributed by atoms with Crippen LogP contribution in [0, 0.1) is 0 Å². The molecule has 0 radical (unpaired) electrons. The van der Waals surface area contributed by atoms with Gasteiger partial charge in [0.25, 0.3) is 5.91 Å². The highest BCUT2D eigenvalue weighted by atomic mass is 19.1. The Kier molecular flexibility index (Phi) is 7.77. The number of amides is 1. The van der Waals surface area contributed by atoms with Crippen molar-refractivity contribution in [1.29, 1.82) is 0 Å². The van der Waals surface area contributed by atoms with Gasteiger partial charge >= 0.3 is 0 Å². The van der Waals surface area contributed by atoms with Gasteiger partial charge in [0.05, 0.1) is 25.5 Å². The van der Waals surface area contributed by atoms with Crippen LogP contribution in [0.1, 0.15) is 48.8 Å². The molecule has 36 heavy (non-hydrogen) atoms. The van der Waals surface area contributed by atoms with E-state index in [-0.39, 0.29) is 24.8 Å². The van der Waals surface area contributed by atoms with Crippen molar-refractivity contribution in [3.05, 3.63) is 59.2 Å². The Bertz CT molecular complexity index is 1140. The molecule has 1 saturated heterocycles. The van der Waals surface area contributed by atoms with Gasteiger partial charge in [0.2, 0.25) is 5.88 Å². The standard InChI is InChI=1S/C26H32FN5O4/c1-18-21(20-4-5-23(29-16-20)36-13-10-33)15-26(17-30-18,32-8-11-35-12-9-32)31-24(34)19-6-7-28-22(14-19)25(2,3)27/h4-7,14,16-17,33H,8-13,15H2,1-3H3,(H,31,34). The number of morpholine rings is 1. The highest BCUT2D eigenvalue weighted by Crippen LogP contribution is 2.35. The Balaban J connectivity index is 1.64. The van der Waals surface area contributed by atoms with Gasteiger partial charge in [-0.2, -0.15) is 0 Å². The minimum absolute atomic E-state index is 0.0913. The lowest BCUT2D eigenvalue weighted by Gasteiger charge is -2.45. The molecule has 0 spiro atoms. The monoisotopic (exact) mass is 497 g/mol. The van der Waals surface area contributed by atoms with Crippen LogP contribution in [-0.4, -0.2) is 77.3 Å². The molecule has 2 aromatic rings. The van der Waals surface area contributed by atoms with Crippen molar-refractivity contribution in [1.82, 2.24) is 20.2 Å². The summed E-state index contributed by atoms with van der Waals surface area (Å²) < 4.78 is 25.4. The van der Waals surface area contributed by atoms with E-state index < -0.39 is 11.3 Å². The molecule has 2 aliphatic heterocycles. The summed E-state index contributed by atoms with van der Waals surface area (Å²) in [6, 6.07) is 6.70. The van der Waals surface area contributed by atoms with Gasteiger partial charge in [-0.25, -0.2) is 9.37 Å². The first kappa shape index (κ1) is 25.9.